The van der Waals surface area contributed by atoms with Crippen LogP contribution in [0.2, 0.25) is 0 Å². The van der Waals surface area contributed by atoms with E-state index in [1.807, 2.05) is 17.5 Å². The first-order valence-corrected chi connectivity index (χ1v) is 8.54. The van der Waals surface area contributed by atoms with E-state index in [9.17, 15) is 14.4 Å². The van der Waals surface area contributed by atoms with Gasteiger partial charge in [0.05, 0.1) is 25.0 Å². The van der Waals surface area contributed by atoms with Crippen molar-refractivity contribution in [3.8, 4) is 0 Å². The largest absolute Gasteiger partial charge is 0.481 e. The van der Waals surface area contributed by atoms with Crippen molar-refractivity contribution in [2.24, 2.45) is 0 Å². The first-order valence-electron chi connectivity index (χ1n) is 6.78. The first kappa shape index (κ1) is 17.1. The number of nitrogens with zero attached hydrogens (tertiary/aromatic N) is 1. The minimum atomic E-state index is -0.963. The molecule has 0 radical (unpaired) electrons. The quantitative estimate of drug-likeness (QED) is 0.667. The van der Waals surface area contributed by atoms with Gasteiger partial charge in [-0.05, 0) is 11.4 Å². The lowest BCUT2D eigenvalue weighted by Crippen LogP contribution is -2.27. The fourth-order valence-electron chi connectivity index (χ4n) is 1.72. The third kappa shape index (κ3) is 6.17. The summed E-state index contributed by atoms with van der Waals surface area (Å²) in [4.78, 5) is 39.0. The lowest BCUT2D eigenvalue weighted by atomic mass is 10.3. The standard InChI is InChI=1S/C14H15N3O4S2/c18-11(15-4-3-13(20)21)6-9-8-23-14(16-9)17-12(19)7-10-2-1-5-22-10/h1-2,5,8H,3-4,6-7H2,(H,15,18)(H,20,21)(H,16,17,19). The van der Waals surface area contributed by atoms with Crippen molar-refractivity contribution in [1.82, 2.24) is 10.3 Å². The Morgan fingerprint density at radius 2 is 2.00 bits per heavy atom. The molecule has 2 aromatic rings. The van der Waals surface area contributed by atoms with Gasteiger partial charge in [0.25, 0.3) is 0 Å². The molecular formula is C14H15N3O4S2. The van der Waals surface area contributed by atoms with Gasteiger partial charge in [0, 0.05) is 16.8 Å². The van der Waals surface area contributed by atoms with Gasteiger partial charge in [-0.15, -0.1) is 22.7 Å². The maximum Gasteiger partial charge on any atom is 0.305 e. The number of thiazole rings is 1. The van der Waals surface area contributed by atoms with Crippen LogP contribution in [0.1, 0.15) is 17.0 Å². The molecule has 0 aliphatic rings. The Kier molecular flexibility index (Phi) is 6.24. The predicted molar refractivity (Wildman–Crippen MR) is 87.7 cm³/mol. The van der Waals surface area contributed by atoms with Crippen LogP contribution < -0.4 is 10.6 Å². The Bertz CT molecular complexity index is 682. The molecule has 2 rings (SSSR count). The van der Waals surface area contributed by atoms with Crippen LogP contribution in [0.15, 0.2) is 22.9 Å². The molecule has 0 aliphatic heterocycles. The van der Waals surface area contributed by atoms with Gasteiger partial charge in [-0.25, -0.2) is 4.98 Å². The minimum absolute atomic E-state index is 0.0525. The van der Waals surface area contributed by atoms with Crippen LogP contribution in [0, 0.1) is 0 Å². The Hall–Kier alpha value is -2.26. The van der Waals surface area contributed by atoms with E-state index < -0.39 is 5.97 Å². The van der Waals surface area contributed by atoms with Crippen molar-refractivity contribution >= 4 is 45.6 Å². The molecule has 7 nitrogen and oxygen atoms in total. The van der Waals surface area contributed by atoms with Crippen molar-refractivity contribution in [3.05, 3.63) is 33.5 Å². The second kappa shape index (κ2) is 8.39. The average Bonchev–Trinajstić information content (AvgIpc) is 3.10. The molecule has 0 saturated carbocycles. The van der Waals surface area contributed by atoms with Gasteiger partial charge in [-0.2, -0.15) is 0 Å². The number of carboxylic acid groups (broad SMARTS) is 1. The smallest absolute Gasteiger partial charge is 0.305 e. The van der Waals surface area contributed by atoms with Gasteiger partial charge in [0.2, 0.25) is 11.8 Å². The van der Waals surface area contributed by atoms with Crippen LogP contribution in [0.5, 0.6) is 0 Å². The summed E-state index contributed by atoms with van der Waals surface area (Å²) < 4.78 is 0. The van der Waals surface area contributed by atoms with Gasteiger partial charge in [-0.1, -0.05) is 6.07 Å². The number of hydrogen-bond acceptors (Lipinski definition) is 6. The number of carbonyl (C=O) groups is 3. The van der Waals surface area contributed by atoms with Gasteiger partial charge >= 0.3 is 5.97 Å². The maximum atomic E-state index is 11.8. The molecule has 0 fully saturated rings. The molecule has 0 aliphatic carbocycles. The zero-order valence-corrected chi connectivity index (χ0v) is 13.7. The van der Waals surface area contributed by atoms with Crippen LogP contribution in [0.3, 0.4) is 0 Å². The monoisotopic (exact) mass is 353 g/mol. The molecule has 0 unspecified atom stereocenters. The second-order valence-corrected chi connectivity index (χ2v) is 6.51. The number of thiophene rings is 1. The van der Waals surface area contributed by atoms with Crippen LogP contribution in [0.25, 0.3) is 0 Å². The van der Waals surface area contributed by atoms with Gasteiger partial charge < -0.3 is 15.7 Å². The van der Waals surface area contributed by atoms with Gasteiger partial charge in [0.1, 0.15) is 0 Å². The molecule has 3 N–H and O–H groups in total. The number of amides is 2. The molecule has 2 amide bonds. The summed E-state index contributed by atoms with van der Waals surface area (Å²) in [7, 11) is 0. The second-order valence-electron chi connectivity index (χ2n) is 4.62. The van der Waals surface area contributed by atoms with E-state index in [0.717, 1.165) is 4.88 Å². The molecule has 122 valence electrons. The fraction of sp³-hybridized carbons (Fsp3) is 0.286. The number of rotatable bonds is 8. The van der Waals surface area contributed by atoms with Crippen LogP contribution >= 0.6 is 22.7 Å². The number of anilines is 1. The molecule has 0 saturated heterocycles. The van der Waals surface area contributed by atoms with Crippen LogP contribution in [-0.4, -0.2) is 34.4 Å². The lowest BCUT2D eigenvalue weighted by molar-refractivity contribution is -0.137. The van der Waals surface area contributed by atoms with Crippen molar-refractivity contribution in [2.45, 2.75) is 19.3 Å². The van der Waals surface area contributed by atoms with Crippen molar-refractivity contribution < 1.29 is 19.5 Å². The maximum absolute atomic E-state index is 11.8. The lowest BCUT2D eigenvalue weighted by Gasteiger charge is -2.01. The molecular weight excluding hydrogens is 338 g/mol. The van der Waals surface area contributed by atoms with Crippen molar-refractivity contribution in [2.75, 3.05) is 11.9 Å². The molecule has 2 aromatic heterocycles. The Morgan fingerprint density at radius 3 is 2.70 bits per heavy atom. The molecule has 0 atom stereocenters. The molecule has 23 heavy (non-hydrogen) atoms. The Labute approximate surface area is 140 Å². The highest BCUT2D eigenvalue weighted by atomic mass is 32.1. The summed E-state index contributed by atoms with van der Waals surface area (Å²) in [5.74, 6) is -1.41. The van der Waals surface area contributed by atoms with Crippen molar-refractivity contribution in [3.63, 3.8) is 0 Å². The third-order valence-electron chi connectivity index (χ3n) is 2.72. The summed E-state index contributed by atoms with van der Waals surface area (Å²) in [5, 5.41) is 17.7. The summed E-state index contributed by atoms with van der Waals surface area (Å²) in [6, 6.07) is 3.77. The highest BCUT2D eigenvalue weighted by molar-refractivity contribution is 7.14. The number of carboxylic acids is 1. The summed E-state index contributed by atoms with van der Waals surface area (Å²) in [5.41, 5.74) is 0.536. The first-order chi connectivity index (χ1) is 11.0. The summed E-state index contributed by atoms with van der Waals surface area (Å²) in [6.07, 6.45) is 0.228. The number of aromatic nitrogens is 1. The van der Waals surface area contributed by atoms with Crippen LogP contribution in [0.4, 0.5) is 5.13 Å². The minimum Gasteiger partial charge on any atom is -0.481 e. The predicted octanol–water partition coefficient (Wildman–Crippen LogP) is 1.52. The molecule has 9 heteroatoms. The zero-order chi connectivity index (χ0) is 16.7. The average molecular weight is 353 g/mol. The highest BCUT2D eigenvalue weighted by Crippen LogP contribution is 2.17. The van der Waals surface area contributed by atoms with Gasteiger partial charge in [0.15, 0.2) is 5.13 Å². The van der Waals surface area contributed by atoms with E-state index >= 15 is 0 Å². The Balaban J connectivity index is 1.77. The third-order valence-corrected chi connectivity index (χ3v) is 4.40. The van der Waals surface area contributed by atoms with E-state index in [0.29, 0.717) is 17.2 Å². The number of nitrogens with one attached hydrogen (secondary N) is 2. The van der Waals surface area contributed by atoms with Crippen LogP contribution in [-0.2, 0) is 27.2 Å². The summed E-state index contributed by atoms with van der Waals surface area (Å²) in [6.45, 7) is 0.0860. The molecule has 0 bridgehead atoms. The summed E-state index contributed by atoms with van der Waals surface area (Å²) >= 11 is 2.76. The van der Waals surface area contributed by atoms with E-state index in [1.54, 1.807) is 5.38 Å². The SMILES string of the molecule is O=C(O)CCNC(=O)Cc1csc(NC(=O)Cc2cccs2)n1. The van der Waals surface area contributed by atoms with E-state index in [4.69, 9.17) is 5.11 Å². The number of aliphatic carboxylic acids is 1. The number of carbonyl (C=O) groups excluding carboxylic acids is 2. The Morgan fingerprint density at radius 1 is 1.17 bits per heavy atom. The van der Waals surface area contributed by atoms with E-state index in [2.05, 4.69) is 15.6 Å². The molecule has 0 spiro atoms. The molecule has 0 aromatic carbocycles. The van der Waals surface area contributed by atoms with Gasteiger partial charge in [-0.3, -0.25) is 14.4 Å². The zero-order valence-electron chi connectivity index (χ0n) is 12.1. The fourth-order valence-corrected chi connectivity index (χ4v) is 3.15. The number of hydrogen-bond donors (Lipinski definition) is 3. The van der Waals surface area contributed by atoms with E-state index in [-0.39, 0.29) is 31.2 Å². The normalized spacial score (nSPS) is 10.3. The topological polar surface area (TPSA) is 108 Å². The van der Waals surface area contributed by atoms with E-state index in [1.165, 1.54) is 22.7 Å². The highest BCUT2D eigenvalue weighted by Gasteiger charge is 2.11. The van der Waals surface area contributed by atoms with Crippen molar-refractivity contribution in [1.29, 1.82) is 0 Å². The molecule has 2 heterocycles.